The van der Waals surface area contributed by atoms with Crippen LogP contribution in [0.1, 0.15) is 6.23 Å². The Morgan fingerprint density at radius 1 is 1.35 bits per heavy atom. The first-order valence-electron chi connectivity index (χ1n) is 5.70. The summed E-state index contributed by atoms with van der Waals surface area (Å²) in [6, 6.07) is 0. The predicted molar refractivity (Wildman–Crippen MR) is 68.0 cm³/mol. The van der Waals surface area contributed by atoms with Crippen LogP contribution in [-0.4, -0.2) is 59.8 Å². The van der Waals surface area contributed by atoms with E-state index in [0.717, 1.165) is 0 Å². The molecule has 1 aliphatic heterocycles. The fraction of sp³-hybridized carbons (Fsp3) is 0.500. The minimum atomic E-state index is -1.24. The molecule has 2 aromatic heterocycles. The normalized spacial score (nSPS) is 29.6. The maximum Gasteiger partial charge on any atom is 0.182 e. The Morgan fingerprint density at radius 2 is 2.10 bits per heavy atom. The summed E-state index contributed by atoms with van der Waals surface area (Å²) in [5.41, 5.74) is 0.811. The van der Waals surface area contributed by atoms with E-state index in [1.807, 2.05) is 0 Å². The molecule has 4 atom stereocenters. The van der Waals surface area contributed by atoms with E-state index in [9.17, 15) is 10.2 Å². The highest BCUT2D eigenvalue weighted by atomic mass is 35.5. The lowest BCUT2D eigenvalue weighted by Gasteiger charge is -2.17. The quantitative estimate of drug-likeness (QED) is 0.447. The second-order valence-electron chi connectivity index (χ2n) is 4.33. The number of aliphatic hydroxyl groups is 3. The van der Waals surface area contributed by atoms with Crippen LogP contribution in [0.2, 0.25) is 0 Å². The monoisotopic (exact) mass is 303 g/mol. The summed E-state index contributed by atoms with van der Waals surface area (Å²) < 4.78 is 6.63. The molecule has 0 amide bonds. The van der Waals surface area contributed by atoms with Crippen molar-refractivity contribution in [3.8, 4) is 0 Å². The largest absolute Gasteiger partial charge is 0.394 e. The van der Waals surface area contributed by atoms with Crippen molar-refractivity contribution in [3.05, 3.63) is 18.1 Å². The van der Waals surface area contributed by atoms with Crippen molar-refractivity contribution < 1.29 is 20.1 Å². The van der Waals surface area contributed by atoms with Crippen molar-refractivity contribution >= 4 is 23.6 Å². The number of halogens is 1. The number of hydrogen-bond acceptors (Lipinski definition) is 7. The van der Waals surface area contributed by atoms with Crippen LogP contribution < -0.4 is 5.49 Å². The summed E-state index contributed by atoms with van der Waals surface area (Å²) >= 11 is 0. The molecule has 1 fully saturated rings. The van der Waals surface area contributed by atoms with Gasteiger partial charge in [-0.3, -0.25) is 9.98 Å². The fourth-order valence-electron chi connectivity index (χ4n) is 2.17. The third kappa shape index (κ3) is 2.09. The predicted octanol–water partition coefficient (Wildman–Crippen LogP) is -1.73. The van der Waals surface area contributed by atoms with Crippen LogP contribution in [0.4, 0.5) is 0 Å². The molecule has 10 heteroatoms. The molecule has 0 saturated carbocycles. The highest BCUT2D eigenvalue weighted by Crippen LogP contribution is 2.28. The fourth-order valence-corrected chi connectivity index (χ4v) is 2.17. The van der Waals surface area contributed by atoms with Crippen LogP contribution >= 0.6 is 12.4 Å². The molecule has 0 unspecified atom stereocenters. The van der Waals surface area contributed by atoms with Gasteiger partial charge in [0.25, 0.3) is 0 Å². The number of aromatic nitrogens is 4. The number of aliphatic hydroxyl groups excluding tert-OH is 3. The van der Waals surface area contributed by atoms with Gasteiger partial charge in [0.05, 0.1) is 12.9 Å². The topological polar surface area (TPSA) is 140 Å². The summed E-state index contributed by atoms with van der Waals surface area (Å²) in [5, 5.41) is 36.7. The summed E-state index contributed by atoms with van der Waals surface area (Å²) in [6.07, 6.45) is -1.58. The van der Waals surface area contributed by atoms with Crippen molar-refractivity contribution in [1.29, 1.82) is 5.41 Å². The van der Waals surface area contributed by atoms with Gasteiger partial charge in [-0.1, -0.05) is 0 Å². The highest BCUT2D eigenvalue weighted by Gasteiger charge is 2.43. The Bertz CT molecular complexity index is 658. The molecular formula is C10H14ClN5O4. The Hall–Kier alpha value is -1.52. The lowest BCUT2D eigenvalue weighted by Crippen LogP contribution is -2.35. The zero-order valence-corrected chi connectivity index (χ0v) is 11.0. The molecule has 0 aliphatic carbocycles. The maximum atomic E-state index is 9.92. The third-order valence-electron chi connectivity index (χ3n) is 3.21. The van der Waals surface area contributed by atoms with Crippen LogP contribution in [0.5, 0.6) is 0 Å². The lowest BCUT2D eigenvalue weighted by atomic mass is 10.1. The second kappa shape index (κ2) is 5.46. The standard InChI is InChI=1S/C10H13N5O4.ClH/c11-8-5-9(13-2-12-5)14-3-15(8)10-7(18)6(17)4(1-16)19-10;/h2-4,6-7,10-11,16-18H,1H2,(H,12,13);1H/t4-,6-,7+,10-;/m1./s1. The van der Waals surface area contributed by atoms with Crippen LogP contribution in [-0.2, 0) is 4.74 Å². The molecule has 20 heavy (non-hydrogen) atoms. The summed E-state index contributed by atoms with van der Waals surface area (Å²) in [4.78, 5) is 10.7. The molecule has 1 saturated heterocycles. The number of nitrogens with one attached hydrogen (secondary N) is 2. The van der Waals surface area contributed by atoms with E-state index in [1.165, 1.54) is 17.2 Å². The SMILES string of the molecule is Cl.N=c1c2[nH]cnc2ncn1[C@@H]1O[C@H](CO)[C@@H](O)[C@@H]1O. The number of rotatable bonds is 2. The number of aromatic amines is 1. The van der Waals surface area contributed by atoms with Gasteiger partial charge in [-0.25, -0.2) is 9.97 Å². The van der Waals surface area contributed by atoms with Crippen molar-refractivity contribution in [3.63, 3.8) is 0 Å². The molecular weight excluding hydrogens is 290 g/mol. The number of H-pyrrole nitrogens is 1. The summed E-state index contributed by atoms with van der Waals surface area (Å²) in [5.74, 6) is 0. The molecule has 110 valence electrons. The number of fused-ring (bicyclic) bond motifs is 1. The van der Waals surface area contributed by atoms with Crippen LogP contribution in [0, 0.1) is 5.41 Å². The van der Waals surface area contributed by atoms with E-state index in [0.29, 0.717) is 11.2 Å². The van der Waals surface area contributed by atoms with Crippen molar-refractivity contribution in [2.24, 2.45) is 0 Å². The van der Waals surface area contributed by atoms with E-state index in [1.54, 1.807) is 0 Å². The average Bonchev–Trinajstić information content (AvgIpc) is 2.98. The van der Waals surface area contributed by atoms with Gasteiger partial charge < -0.3 is 25.0 Å². The van der Waals surface area contributed by atoms with Gasteiger partial charge in [-0.05, 0) is 0 Å². The van der Waals surface area contributed by atoms with Gasteiger partial charge in [-0.2, -0.15) is 0 Å². The Labute approximate surface area is 118 Å². The van der Waals surface area contributed by atoms with Crippen molar-refractivity contribution in [2.45, 2.75) is 24.5 Å². The average molecular weight is 304 g/mol. The highest BCUT2D eigenvalue weighted by molar-refractivity contribution is 5.85. The minimum Gasteiger partial charge on any atom is -0.394 e. The Morgan fingerprint density at radius 3 is 2.75 bits per heavy atom. The zero-order chi connectivity index (χ0) is 13.6. The molecule has 3 heterocycles. The first-order chi connectivity index (χ1) is 9.13. The van der Waals surface area contributed by atoms with Gasteiger partial charge in [0.1, 0.15) is 30.2 Å². The van der Waals surface area contributed by atoms with E-state index >= 15 is 0 Å². The van der Waals surface area contributed by atoms with Crippen molar-refractivity contribution in [2.75, 3.05) is 6.61 Å². The summed E-state index contributed by atoms with van der Waals surface area (Å²) in [6.45, 7) is -0.414. The molecule has 2 aromatic rings. The number of nitrogens with zero attached hydrogens (tertiary/aromatic N) is 3. The third-order valence-corrected chi connectivity index (χ3v) is 3.21. The number of ether oxygens (including phenoxy) is 1. The molecule has 0 aromatic carbocycles. The molecule has 0 spiro atoms. The van der Waals surface area contributed by atoms with Gasteiger partial charge in [-0.15, -0.1) is 12.4 Å². The first-order valence-corrected chi connectivity index (χ1v) is 5.70. The van der Waals surface area contributed by atoms with Crippen LogP contribution in [0.15, 0.2) is 12.7 Å². The lowest BCUT2D eigenvalue weighted by molar-refractivity contribution is -0.0551. The van der Waals surface area contributed by atoms with Gasteiger partial charge in [0.15, 0.2) is 17.4 Å². The zero-order valence-electron chi connectivity index (χ0n) is 10.2. The van der Waals surface area contributed by atoms with Gasteiger partial charge >= 0.3 is 0 Å². The van der Waals surface area contributed by atoms with E-state index < -0.39 is 31.1 Å². The molecule has 0 radical (unpaired) electrons. The smallest absolute Gasteiger partial charge is 0.182 e. The molecule has 5 N–H and O–H groups in total. The van der Waals surface area contributed by atoms with E-state index in [-0.39, 0.29) is 17.9 Å². The van der Waals surface area contributed by atoms with Crippen LogP contribution in [0.25, 0.3) is 11.2 Å². The van der Waals surface area contributed by atoms with Gasteiger partial charge in [0, 0.05) is 0 Å². The van der Waals surface area contributed by atoms with Gasteiger partial charge in [0.2, 0.25) is 0 Å². The Kier molecular flexibility index (Phi) is 4.06. The first kappa shape index (κ1) is 14.9. The molecule has 1 aliphatic rings. The molecule has 0 bridgehead atoms. The molecule has 9 nitrogen and oxygen atoms in total. The minimum absolute atomic E-state index is 0. The van der Waals surface area contributed by atoms with Crippen LogP contribution in [0.3, 0.4) is 0 Å². The summed E-state index contributed by atoms with van der Waals surface area (Å²) in [7, 11) is 0. The maximum absolute atomic E-state index is 9.92. The Balaban J connectivity index is 0.00000147. The van der Waals surface area contributed by atoms with E-state index in [4.69, 9.17) is 15.3 Å². The number of hydrogen-bond donors (Lipinski definition) is 5. The second-order valence-corrected chi connectivity index (χ2v) is 4.33. The van der Waals surface area contributed by atoms with E-state index in [2.05, 4.69) is 15.0 Å². The number of imidazole rings is 1. The molecule has 3 rings (SSSR count). The van der Waals surface area contributed by atoms with Crippen molar-refractivity contribution in [1.82, 2.24) is 19.5 Å².